The molecule has 4 nitrogen and oxygen atoms in total. The Hall–Kier alpha value is -2.11. The smallest absolute Gasteiger partial charge is 0.229 e. The number of carbonyl (C=O) groups is 1. The van der Waals surface area contributed by atoms with E-state index >= 15 is 0 Å². The van der Waals surface area contributed by atoms with E-state index < -0.39 is 0 Å². The highest BCUT2D eigenvalue weighted by atomic mass is 35.5. The lowest BCUT2D eigenvalue weighted by Gasteiger charge is -2.33. The van der Waals surface area contributed by atoms with E-state index in [0.717, 1.165) is 30.9 Å². The molecule has 1 unspecified atom stereocenters. The van der Waals surface area contributed by atoms with E-state index in [1.54, 1.807) is 23.5 Å². The van der Waals surface area contributed by atoms with Crippen LogP contribution in [0, 0.1) is 5.92 Å². The second-order valence-corrected chi connectivity index (χ2v) is 7.64. The van der Waals surface area contributed by atoms with Gasteiger partial charge < -0.3 is 10.2 Å². The Kier molecular flexibility index (Phi) is 4.59. The minimum Gasteiger partial charge on any atom is -0.355 e. The van der Waals surface area contributed by atoms with Crippen molar-refractivity contribution in [3.8, 4) is 0 Å². The van der Waals surface area contributed by atoms with Gasteiger partial charge >= 0.3 is 0 Å². The summed E-state index contributed by atoms with van der Waals surface area (Å²) in [6.45, 7) is 1.62. The third-order valence-corrected chi connectivity index (χ3v) is 5.66. The second-order valence-electron chi connectivity index (χ2n) is 6.25. The molecule has 0 spiro atoms. The van der Waals surface area contributed by atoms with Gasteiger partial charge in [-0.2, -0.15) is 0 Å². The second kappa shape index (κ2) is 7.02. The van der Waals surface area contributed by atoms with E-state index in [2.05, 4.69) is 26.6 Å². The molecule has 4 rings (SSSR count). The first-order chi connectivity index (χ1) is 12.2. The van der Waals surface area contributed by atoms with Crippen molar-refractivity contribution in [2.24, 2.45) is 5.92 Å². The maximum Gasteiger partial charge on any atom is 0.229 e. The minimum absolute atomic E-state index is 0.0458. The molecule has 1 aliphatic rings. The number of anilines is 2. The first kappa shape index (κ1) is 16.4. The molecule has 0 aliphatic carbocycles. The lowest BCUT2D eigenvalue weighted by Crippen LogP contribution is -2.41. The topological polar surface area (TPSA) is 45.2 Å². The van der Waals surface area contributed by atoms with Crippen LogP contribution in [0.5, 0.6) is 0 Å². The van der Waals surface area contributed by atoms with Gasteiger partial charge in [-0.25, -0.2) is 4.98 Å². The summed E-state index contributed by atoms with van der Waals surface area (Å²) < 4.78 is 1.23. The molecule has 3 heterocycles. The molecule has 1 aliphatic heterocycles. The zero-order valence-electron chi connectivity index (χ0n) is 13.6. The molecular formula is C19H18ClN3OS. The minimum atomic E-state index is -0.0524. The number of aromatic nitrogens is 1. The van der Waals surface area contributed by atoms with Crippen molar-refractivity contribution in [1.29, 1.82) is 0 Å². The molecule has 1 amide bonds. The summed E-state index contributed by atoms with van der Waals surface area (Å²) in [7, 11) is 0. The third-order valence-electron chi connectivity index (χ3n) is 4.54. The van der Waals surface area contributed by atoms with Crippen molar-refractivity contribution in [3.05, 3.63) is 53.0 Å². The fourth-order valence-electron chi connectivity index (χ4n) is 3.33. The van der Waals surface area contributed by atoms with Crippen molar-refractivity contribution >= 4 is 50.4 Å². The molecule has 1 atom stereocenters. The van der Waals surface area contributed by atoms with Crippen molar-refractivity contribution in [2.75, 3.05) is 23.3 Å². The highest BCUT2D eigenvalue weighted by molar-refractivity contribution is 7.17. The van der Waals surface area contributed by atoms with Crippen LogP contribution in [0.25, 0.3) is 10.1 Å². The highest BCUT2D eigenvalue weighted by Crippen LogP contribution is 2.31. The van der Waals surface area contributed by atoms with E-state index in [4.69, 9.17) is 11.6 Å². The van der Waals surface area contributed by atoms with Crippen molar-refractivity contribution < 1.29 is 4.79 Å². The Balaban J connectivity index is 1.51. The summed E-state index contributed by atoms with van der Waals surface area (Å²) in [6.07, 6.45) is 3.72. The van der Waals surface area contributed by atoms with Gasteiger partial charge in [0.1, 0.15) is 5.82 Å². The van der Waals surface area contributed by atoms with Gasteiger partial charge in [0, 0.05) is 40.1 Å². The Morgan fingerprint density at radius 1 is 1.32 bits per heavy atom. The van der Waals surface area contributed by atoms with Crippen LogP contribution >= 0.6 is 22.9 Å². The number of fused-ring (bicyclic) bond motifs is 1. The van der Waals surface area contributed by atoms with Crippen molar-refractivity contribution in [3.63, 3.8) is 0 Å². The molecule has 1 fully saturated rings. The van der Waals surface area contributed by atoms with E-state index in [1.165, 1.54) is 10.1 Å². The van der Waals surface area contributed by atoms with Gasteiger partial charge in [-0.1, -0.05) is 17.7 Å². The molecule has 0 bridgehead atoms. The van der Waals surface area contributed by atoms with Crippen LogP contribution in [0.15, 0.2) is 48.0 Å². The van der Waals surface area contributed by atoms with Gasteiger partial charge in [-0.3, -0.25) is 4.79 Å². The molecule has 1 saturated heterocycles. The number of thiophene rings is 1. The summed E-state index contributed by atoms with van der Waals surface area (Å²) >= 11 is 7.71. The maximum atomic E-state index is 12.7. The predicted octanol–water partition coefficient (Wildman–Crippen LogP) is 4.80. The summed E-state index contributed by atoms with van der Waals surface area (Å²) in [6, 6.07) is 11.4. The van der Waals surface area contributed by atoms with Gasteiger partial charge in [0.05, 0.1) is 5.92 Å². The molecule has 0 saturated carbocycles. The molecule has 128 valence electrons. The molecule has 1 aromatic carbocycles. The van der Waals surface area contributed by atoms with Crippen LogP contribution in [0.1, 0.15) is 12.8 Å². The van der Waals surface area contributed by atoms with Crippen LogP contribution < -0.4 is 10.2 Å². The monoisotopic (exact) mass is 371 g/mol. The number of pyridine rings is 1. The molecule has 6 heteroatoms. The molecule has 3 aromatic rings. The van der Waals surface area contributed by atoms with Gasteiger partial charge in [0.2, 0.25) is 5.91 Å². The van der Waals surface area contributed by atoms with Crippen LogP contribution in [-0.2, 0) is 4.79 Å². The van der Waals surface area contributed by atoms with E-state index in [-0.39, 0.29) is 11.8 Å². The van der Waals surface area contributed by atoms with Gasteiger partial charge in [-0.15, -0.1) is 11.3 Å². The number of hydrogen-bond donors (Lipinski definition) is 1. The first-order valence-electron chi connectivity index (χ1n) is 8.34. The maximum absolute atomic E-state index is 12.7. The van der Waals surface area contributed by atoms with Crippen molar-refractivity contribution in [2.45, 2.75) is 12.8 Å². The Bertz CT molecular complexity index is 910. The van der Waals surface area contributed by atoms with Gasteiger partial charge in [0.15, 0.2) is 0 Å². The third kappa shape index (κ3) is 3.48. The zero-order chi connectivity index (χ0) is 17.2. The molecule has 25 heavy (non-hydrogen) atoms. The highest BCUT2D eigenvalue weighted by Gasteiger charge is 2.27. The summed E-state index contributed by atoms with van der Waals surface area (Å²) in [5.41, 5.74) is 0.743. The fourth-order valence-corrected chi connectivity index (χ4v) is 4.29. The van der Waals surface area contributed by atoms with Crippen LogP contribution in [0.2, 0.25) is 5.02 Å². The number of hydrogen-bond acceptors (Lipinski definition) is 4. The van der Waals surface area contributed by atoms with Crippen LogP contribution in [0.3, 0.4) is 0 Å². The largest absolute Gasteiger partial charge is 0.355 e. The standard InChI is InChI=1S/C19H18ClN3OS/c20-14-4-1-5-15(11-14)22-19(24)13-3-2-9-23(12-13)18-16-7-10-25-17(16)6-8-21-18/h1,4-8,10-11,13H,2-3,9,12H2,(H,22,24). The lowest BCUT2D eigenvalue weighted by molar-refractivity contribution is -0.120. The van der Waals surface area contributed by atoms with Crippen molar-refractivity contribution in [1.82, 2.24) is 4.98 Å². The number of benzene rings is 1. The SMILES string of the molecule is O=C(Nc1cccc(Cl)c1)C1CCCN(c2nccc3sccc23)C1. The van der Waals surface area contributed by atoms with E-state index in [1.807, 2.05) is 24.4 Å². The fraction of sp³-hybridized carbons (Fsp3) is 0.263. The number of carbonyl (C=O) groups excluding carboxylic acids is 1. The normalized spacial score (nSPS) is 17.6. The van der Waals surface area contributed by atoms with Crippen LogP contribution in [-0.4, -0.2) is 24.0 Å². The van der Waals surface area contributed by atoms with E-state index in [0.29, 0.717) is 11.6 Å². The summed E-state index contributed by atoms with van der Waals surface area (Å²) in [4.78, 5) is 19.5. The van der Waals surface area contributed by atoms with E-state index in [9.17, 15) is 4.79 Å². The molecule has 0 radical (unpaired) electrons. The Morgan fingerprint density at radius 2 is 2.24 bits per heavy atom. The summed E-state index contributed by atoms with van der Waals surface area (Å²) in [5, 5.41) is 6.87. The average molecular weight is 372 g/mol. The molecular weight excluding hydrogens is 354 g/mol. The number of nitrogens with zero attached hydrogens (tertiary/aromatic N) is 2. The quantitative estimate of drug-likeness (QED) is 0.718. The lowest BCUT2D eigenvalue weighted by atomic mass is 9.96. The number of piperidine rings is 1. The Labute approximate surface area is 155 Å². The molecule has 2 aromatic heterocycles. The first-order valence-corrected chi connectivity index (χ1v) is 9.60. The van der Waals surface area contributed by atoms with Gasteiger partial charge in [0.25, 0.3) is 0 Å². The molecule has 1 N–H and O–H groups in total. The van der Waals surface area contributed by atoms with Gasteiger partial charge in [-0.05, 0) is 48.6 Å². The zero-order valence-corrected chi connectivity index (χ0v) is 15.2. The number of nitrogens with one attached hydrogen (secondary N) is 1. The number of amides is 1. The Morgan fingerprint density at radius 3 is 3.12 bits per heavy atom. The van der Waals surface area contributed by atoms with Crippen LogP contribution in [0.4, 0.5) is 11.5 Å². The average Bonchev–Trinajstić information content (AvgIpc) is 3.10. The summed E-state index contributed by atoms with van der Waals surface area (Å²) in [5.74, 6) is 0.979. The number of halogens is 1. The number of rotatable bonds is 3. The predicted molar refractivity (Wildman–Crippen MR) is 105 cm³/mol.